The molecule has 0 saturated carbocycles. The van der Waals surface area contributed by atoms with Crippen LogP contribution >= 0.6 is 23.5 Å². The van der Waals surface area contributed by atoms with Crippen LogP contribution < -0.4 is 11.3 Å². The largest absolute Gasteiger partial charge is 0.381 e. The van der Waals surface area contributed by atoms with E-state index in [1.807, 2.05) is 0 Å². The first kappa shape index (κ1) is 12.0. The Morgan fingerprint density at radius 2 is 2.33 bits per heavy atom. The molecule has 0 aromatic carbocycles. The Bertz CT molecular complexity index is 164. The second kappa shape index (κ2) is 6.35. The van der Waals surface area contributed by atoms with Crippen molar-refractivity contribution >= 4 is 23.5 Å². The van der Waals surface area contributed by atoms with Crippen molar-refractivity contribution in [2.45, 2.75) is 24.1 Å². The van der Waals surface area contributed by atoms with Crippen molar-refractivity contribution < 1.29 is 4.74 Å². The fourth-order valence-corrected chi connectivity index (χ4v) is 5.26. The van der Waals surface area contributed by atoms with Crippen molar-refractivity contribution in [3.63, 3.8) is 0 Å². The molecule has 3 atom stereocenters. The van der Waals surface area contributed by atoms with Crippen molar-refractivity contribution in [3.05, 3.63) is 0 Å². The summed E-state index contributed by atoms with van der Waals surface area (Å²) in [7, 11) is 0. The Hall–Kier alpha value is 0.580. The molecule has 0 aromatic rings. The summed E-state index contributed by atoms with van der Waals surface area (Å²) in [6, 6.07) is 0.433. The van der Waals surface area contributed by atoms with E-state index in [2.05, 4.69) is 28.9 Å². The first-order valence-electron chi connectivity index (χ1n) is 5.65. The van der Waals surface area contributed by atoms with E-state index < -0.39 is 0 Å². The van der Waals surface area contributed by atoms with Crippen molar-refractivity contribution in [2.24, 2.45) is 11.8 Å². The quantitative estimate of drug-likeness (QED) is 0.578. The minimum Gasteiger partial charge on any atom is -0.381 e. The van der Waals surface area contributed by atoms with Crippen LogP contribution in [-0.4, -0.2) is 41.8 Å². The van der Waals surface area contributed by atoms with Crippen LogP contribution in [0.2, 0.25) is 0 Å². The van der Waals surface area contributed by atoms with E-state index in [0.717, 1.165) is 13.2 Å². The van der Waals surface area contributed by atoms with Gasteiger partial charge in [-0.25, -0.2) is 0 Å². The number of rotatable bonds is 3. The summed E-state index contributed by atoms with van der Waals surface area (Å²) in [4.78, 5) is 0. The normalized spacial score (nSPS) is 35.0. The maximum absolute atomic E-state index is 5.71. The number of hydrogen-bond donors (Lipinski definition) is 2. The minimum atomic E-state index is 0.433. The zero-order valence-electron chi connectivity index (χ0n) is 8.98. The second-order valence-electron chi connectivity index (χ2n) is 4.15. The first-order valence-corrected chi connectivity index (χ1v) is 7.85. The van der Waals surface area contributed by atoms with Crippen LogP contribution in [0.15, 0.2) is 0 Å². The molecule has 0 amide bonds. The van der Waals surface area contributed by atoms with Crippen LogP contribution in [0.3, 0.4) is 0 Å². The van der Waals surface area contributed by atoms with Gasteiger partial charge in [-0.15, -0.1) is 0 Å². The highest BCUT2D eigenvalue weighted by Gasteiger charge is 2.31. The lowest BCUT2D eigenvalue weighted by Gasteiger charge is -2.36. The smallest absolute Gasteiger partial charge is 0.0510 e. The average molecular weight is 248 g/mol. The third kappa shape index (κ3) is 3.27. The first-order chi connectivity index (χ1) is 7.42. The molecule has 2 aliphatic heterocycles. The molecule has 2 saturated heterocycles. The summed E-state index contributed by atoms with van der Waals surface area (Å²) in [5.41, 5.74) is 3.03. The molecule has 2 fully saturated rings. The number of nitrogens with two attached hydrogens (primary N) is 1. The van der Waals surface area contributed by atoms with Gasteiger partial charge in [0.2, 0.25) is 0 Å². The van der Waals surface area contributed by atoms with E-state index >= 15 is 0 Å². The van der Waals surface area contributed by atoms with Crippen LogP contribution in [-0.2, 0) is 4.74 Å². The number of nitrogens with one attached hydrogen (secondary N) is 1. The lowest BCUT2D eigenvalue weighted by Crippen LogP contribution is -2.51. The van der Waals surface area contributed by atoms with Gasteiger partial charge in [0.15, 0.2) is 0 Å². The molecule has 0 aliphatic carbocycles. The van der Waals surface area contributed by atoms with Gasteiger partial charge in [0.05, 0.1) is 6.61 Å². The Morgan fingerprint density at radius 1 is 1.40 bits per heavy atom. The number of ether oxygens (including phenoxy) is 1. The van der Waals surface area contributed by atoms with Crippen LogP contribution in [0.25, 0.3) is 0 Å². The summed E-state index contributed by atoms with van der Waals surface area (Å²) in [6.45, 7) is 1.82. The molecule has 0 radical (unpaired) electrons. The van der Waals surface area contributed by atoms with Gasteiger partial charge in [0.25, 0.3) is 0 Å². The summed E-state index contributed by atoms with van der Waals surface area (Å²) in [6.07, 6.45) is 2.45. The molecule has 0 aromatic heterocycles. The van der Waals surface area contributed by atoms with Gasteiger partial charge in [0.1, 0.15) is 0 Å². The van der Waals surface area contributed by atoms with Crippen molar-refractivity contribution in [1.29, 1.82) is 0 Å². The molecule has 0 bridgehead atoms. The molecule has 2 aliphatic rings. The molecule has 2 heterocycles. The highest BCUT2D eigenvalue weighted by Crippen LogP contribution is 2.31. The van der Waals surface area contributed by atoms with E-state index in [0.29, 0.717) is 17.2 Å². The van der Waals surface area contributed by atoms with Crippen LogP contribution in [0, 0.1) is 5.92 Å². The second-order valence-corrected chi connectivity index (χ2v) is 6.65. The fourth-order valence-electron chi connectivity index (χ4n) is 2.31. The molecule has 15 heavy (non-hydrogen) atoms. The molecule has 88 valence electrons. The summed E-state index contributed by atoms with van der Waals surface area (Å²) in [5.74, 6) is 10.1. The van der Waals surface area contributed by atoms with Crippen molar-refractivity contribution in [2.75, 3.05) is 30.5 Å². The van der Waals surface area contributed by atoms with E-state index in [4.69, 9.17) is 10.6 Å². The molecule has 3 nitrogen and oxygen atoms in total. The van der Waals surface area contributed by atoms with E-state index in [-0.39, 0.29) is 0 Å². The van der Waals surface area contributed by atoms with Crippen molar-refractivity contribution in [3.8, 4) is 0 Å². The average Bonchev–Trinajstić information content (AvgIpc) is 2.33. The van der Waals surface area contributed by atoms with Crippen molar-refractivity contribution in [1.82, 2.24) is 5.43 Å². The predicted octanol–water partition coefficient (Wildman–Crippen LogP) is 1.09. The SMILES string of the molecule is NNC(C1CCCOC1)C1CSCCS1. The third-order valence-corrected chi connectivity index (χ3v) is 6.02. The third-order valence-electron chi connectivity index (χ3n) is 3.14. The Labute approximate surface area is 100 Å². The molecular formula is C10H20N2OS2. The van der Waals surface area contributed by atoms with Gasteiger partial charge in [-0.3, -0.25) is 11.3 Å². The Morgan fingerprint density at radius 3 is 2.93 bits per heavy atom. The summed E-state index contributed by atoms with van der Waals surface area (Å²) < 4.78 is 5.54. The van der Waals surface area contributed by atoms with Crippen LogP contribution in [0.4, 0.5) is 0 Å². The standard InChI is InChI=1S/C10H20N2OS2/c11-12-10(8-2-1-3-13-6-8)9-7-14-4-5-15-9/h8-10,12H,1-7,11H2. The van der Waals surface area contributed by atoms with Gasteiger partial charge in [-0.05, 0) is 12.8 Å². The fraction of sp³-hybridized carbons (Fsp3) is 1.00. The highest BCUT2D eigenvalue weighted by atomic mass is 32.2. The maximum Gasteiger partial charge on any atom is 0.0510 e. The monoisotopic (exact) mass is 248 g/mol. The maximum atomic E-state index is 5.71. The Balaban J connectivity index is 1.88. The van der Waals surface area contributed by atoms with Gasteiger partial charge in [-0.2, -0.15) is 23.5 Å². The zero-order valence-corrected chi connectivity index (χ0v) is 10.6. The van der Waals surface area contributed by atoms with Gasteiger partial charge in [-0.1, -0.05) is 0 Å². The van der Waals surface area contributed by atoms with E-state index in [1.165, 1.54) is 30.1 Å². The highest BCUT2D eigenvalue weighted by molar-refractivity contribution is 8.06. The number of hydrazine groups is 1. The predicted molar refractivity (Wildman–Crippen MR) is 68.2 cm³/mol. The molecule has 3 unspecified atom stereocenters. The van der Waals surface area contributed by atoms with Gasteiger partial charge in [0, 0.05) is 41.1 Å². The van der Waals surface area contributed by atoms with Crippen LogP contribution in [0.5, 0.6) is 0 Å². The molecule has 2 rings (SSSR count). The molecular weight excluding hydrogens is 228 g/mol. The van der Waals surface area contributed by atoms with Gasteiger partial charge >= 0.3 is 0 Å². The lowest BCUT2D eigenvalue weighted by molar-refractivity contribution is 0.0397. The number of hydrogen-bond acceptors (Lipinski definition) is 5. The molecule has 5 heteroatoms. The zero-order chi connectivity index (χ0) is 10.5. The van der Waals surface area contributed by atoms with Crippen LogP contribution in [0.1, 0.15) is 12.8 Å². The molecule has 3 N–H and O–H groups in total. The van der Waals surface area contributed by atoms with E-state index in [1.54, 1.807) is 0 Å². The Kier molecular flexibility index (Phi) is 5.10. The minimum absolute atomic E-state index is 0.433. The lowest BCUT2D eigenvalue weighted by atomic mass is 9.92. The summed E-state index contributed by atoms with van der Waals surface area (Å²) >= 11 is 4.12. The number of thioether (sulfide) groups is 2. The summed E-state index contributed by atoms with van der Waals surface area (Å²) in [5, 5.41) is 0.667. The van der Waals surface area contributed by atoms with Gasteiger partial charge < -0.3 is 4.74 Å². The molecule has 0 spiro atoms. The van der Waals surface area contributed by atoms with E-state index in [9.17, 15) is 0 Å². The topological polar surface area (TPSA) is 47.3 Å².